The zero-order chi connectivity index (χ0) is 18.1. The minimum atomic E-state index is -0.325. The van der Waals surface area contributed by atoms with Crippen LogP contribution < -0.4 is 10.9 Å². The molecule has 0 fully saturated rings. The molecule has 0 atom stereocenters. The van der Waals surface area contributed by atoms with Crippen LogP contribution in [0, 0.1) is 18.3 Å². The van der Waals surface area contributed by atoms with Crippen molar-refractivity contribution in [3.8, 4) is 6.07 Å². The van der Waals surface area contributed by atoms with Gasteiger partial charge in [0.2, 0.25) is 0 Å². The molecule has 0 saturated heterocycles. The van der Waals surface area contributed by atoms with Crippen molar-refractivity contribution in [1.82, 2.24) is 14.7 Å². The molecule has 6 nitrogen and oxygen atoms in total. The molecule has 0 bridgehead atoms. The van der Waals surface area contributed by atoms with Crippen LogP contribution in [0.4, 0.5) is 0 Å². The molecule has 0 aliphatic carbocycles. The van der Waals surface area contributed by atoms with Gasteiger partial charge in [-0.1, -0.05) is 11.6 Å². The summed E-state index contributed by atoms with van der Waals surface area (Å²) in [4.78, 5) is 30.2. The molecule has 3 aromatic rings. The number of carbonyl (C=O) groups is 1. The second kappa shape index (κ2) is 6.67. The minimum Gasteiger partial charge on any atom is -0.354 e. The number of nitrogens with one attached hydrogen (secondary N) is 1. The Morgan fingerprint density at radius 3 is 2.84 bits per heavy atom. The average Bonchev–Trinajstić information content (AvgIpc) is 2.90. The Hall–Kier alpha value is -2.69. The SMILES string of the molecule is CNC(=O)c1c(C)sc2nc(Cc3cc(Cl)cc(C#N)c3)cc(=O)n12. The fraction of sp³-hybridized carbons (Fsp3) is 0.176. The Bertz CT molecular complexity index is 1090. The van der Waals surface area contributed by atoms with Crippen molar-refractivity contribution >= 4 is 33.8 Å². The van der Waals surface area contributed by atoms with Crippen LogP contribution in [-0.2, 0) is 6.42 Å². The summed E-state index contributed by atoms with van der Waals surface area (Å²) in [5.41, 5.74) is 1.79. The molecule has 0 spiro atoms. The number of rotatable bonds is 3. The summed E-state index contributed by atoms with van der Waals surface area (Å²) in [6.07, 6.45) is 0.368. The number of aromatic nitrogens is 2. The Morgan fingerprint density at radius 1 is 1.40 bits per heavy atom. The third-order valence-corrected chi connectivity index (χ3v) is 4.83. The predicted molar refractivity (Wildman–Crippen MR) is 96.4 cm³/mol. The fourth-order valence-corrected chi connectivity index (χ4v) is 3.87. The highest BCUT2D eigenvalue weighted by atomic mass is 35.5. The highest BCUT2D eigenvalue weighted by Gasteiger charge is 2.18. The van der Waals surface area contributed by atoms with E-state index in [2.05, 4.69) is 16.4 Å². The maximum atomic E-state index is 12.5. The van der Waals surface area contributed by atoms with E-state index < -0.39 is 0 Å². The lowest BCUT2D eigenvalue weighted by molar-refractivity contribution is 0.0956. The Labute approximate surface area is 152 Å². The van der Waals surface area contributed by atoms with Crippen molar-refractivity contribution in [2.45, 2.75) is 13.3 Å². The molecule has 126 valence electrons. The van der Waals surface area contributed by atoms with E-state index in [1.54, 1.807) is 25.1 Å². The summed E-state index contributed by atoms with van der Waals surface area (Å²) >= 11 is 7.30. The first-order chi connectivity index (χ1) is 11.9. The van der Waals surface area contributed by atoms with Crippen molar-refractivity contribution in [2.24, 2.45) is 0 Å². The summed E-state index contributed by atoms with van der Waals surface area (Å²) < 4.78 is 1.32. The van der Waals surface area contributed by atoms with Crippen LogP contribution in [0.25, 0.3) is 4.96 Å². The van der Waals surface area contributed by atoms with E-state index in [9.17, 15) is 9.59 Å². The van der Waals surface area contributed by atoms with Gasteiger partial charge in [-0.25, -0.2) is 9.38 Å². The monoisotopic (exact) mass is 372 g/mol. The van der Waals surface area contributed by atoms with Gasteiger partial charge in [-0.05, 0) is 30.7 Å². The molecular weight excluding hydrogens is 360 g/mol. The Morgan fingerprint density at radius 2 is 2.16 bits per heavy atom. The number of nitrogens with zero attached hydrogens (tertiary/aromatic N) is 3. The number of benzene rings is 1. The van der Waals surface area contributed by atoms with Crippen molar-refractivity contribution in [2.75, 3.05) is 7.05 Å². The van der Waals surface area contributed by atoms with Crippen LogP contribution in [0.5, 0.6) is 0 Å². The third-order valence-electron chi connectivity index (χ3n) is 3.66. The zero-order valence-corrected chi connectivity index (χ0v) is 15.0. The molecule has 2 aromatic heterocycles. The molecule has 25 heavy (non-hydrogen) atoms. The molecular formula is C17H13ClN4O2S. The van der Waals surface area contributed by atoms with Crippen LogP contribution in [0.3, 0.4) is 0 Å². The molecule has 3 rings (SSSR count). The lowest BCUT2D eigenvalue weighted by Crippen LogP contribution is -2.25. The van der Waals surface area contributed by atoms with E-state index in [1.807, 2.05) is 0 Å². The van der Waals surface area contributed by atoms with Crippen LogP contribution in [0.2, 0.25) is 5.02 Å². The lowest BCUT2D eigenvalue weighted by Gasteiger charge is -2.05. The van der Waals surface area contributed by atoms with E-state index in [0.717, 1.165) is 10.4 Å². The number of carbonyl (C=O) groups excluding carboxylic acids is 1. The standard InChI is InChI=1S/C17H13ClN4O2S/c1-9-15(16(24)20-2)22-14(23)7-13(21-17(22)25-9)6-10-3-11(8-19)5-12(18)4-10/h3-5,7H,6H2,1-2H3,(H,20,24). The quantitative estimate of drug-likeness (QED) is 0.765. The summed E-state index contributed by atoms with van der Waals surface area (Å²) in [6, 6.07) is 8.48. The Kier molecular flexibility index (Phi) is 4.57. The van der Waals surface area contributed by atoms with Crippen LogP contribution in [0.15, 0.2) is 29.1 Å². The highest BCUT2D eigenvalue weighted by molar-refractivity contribution is 7.17. The molecule has 1 amide bonds. The first kappa shape index (κ1) is 17.1. The van der Waals surface area contributed by atoms with E-state index in [-0.39, 0.29) is 11.5 Å². The number of fused-ring (bicyclic) bond motifs is 1. The number of hydrogen-bond donors (Lipinski definition) is 1. The number of halogens is 1. The van der Waals surface area contributed by atoms with Gasteiger partial charge in [0.25, 0.3) is 11.5 Å². The van der Waals surface area contributed by atoms with Crippen molar-refractivity contribution in [3.63, 3.8) is 0 Å². The van der Waals surface area contributed by atoms with Gasteiger partial charge in [-0.3, -0.25) is 9.59 Å². The number of hydrogen-bond acceptors (Lipinski definition) is 5. The summed E-state index contributed by atoms with van der Waals surface area (Å²) in [7, 11) is 1.52. The molecule has 1 N–H and O–H groups in total. The van der Waals surface area contributed by atoms with Crippen molar-refractivity contribution in [1.29, 1.82) is 5.26 Å². The summed E-state index contributed by atoms with van der Waals surface area (Å²) in [5, 5.41) is 12.0. The van der Waals surface area contributed by atoms with Gasteiger partial charge in [-0.15, -0.1) is 11.3 Å². The van der Waals surface area contributed by atoms with Crippen LogP contribution >= 0.6 is 22.9 Å². The molecule has 8 heteroatoms. The summed E-state index contributed by atoms with van der Waals surface area (Å²) in [5.74, 6) is -0.325. The van der Waals surface area contributed by atoms with Gasteiger partial charge in [-0.2, -0.15) is 5.26 Å². The largest absolute Gasteiger partial charge is 0.354 e. The van der Waals surface area contributed by atoms with E-state index >= 15 is 0 Å². The molecule has 0 radical (unpaired) electrons. The molecule has 0 unspecified atom stereocenters. The topological polar surface area (TPSA) is 87.3 Å². The van der Waals surface area contributed by atoms with Crippen molar-refractivity contribution in [3.05, 3.63) is 67.0 Å². The van der Waals surface area contributed by atoms with Crippen molar-refractivity contribution < 1.29 is 4.79 Å². The maximum absolute atomic E-state index is 12.5. The molecule has 0 aliphatic heterocycles. The van der Waals surface area contributed by atoms with Gasteiger partial charge in [0.05, 0.1) is 17.3 Å². The summed E-state index contributed by atoms with van der Waals surface area (Å²) in [6.45, 7) is 1.78. The van der Waals surface area contributed by atoms with Gasteiger partial charge in [0, 0.05) is 29.4 Å². The fourth-order valence-electron chi connectivity index (χ4n) is 2.62. The zero-order valence-electron chi connectivity index (χ0n) is 13.5. The van der Waals surface area contributed by atoms with E-state index in [4.69, 9.17) is 16.9 Å². The third kappa shape index (κ3) is 3.27. The predicted octanol–water partition coefficient (Wildman–Crippen LogP) is 2.54. The number of aryl methyl sites for hydroxylation is 1. The minimum absolute atomic E-state index is 0.307. The molecule has 2 heterocycles. The van der Waals surface area contributed by atoms with Gasteiger partial charge in [0.15, 0.2) is 4.96 Å². The second-order valence-corrected chi connectivity index (χ2v) is 7.04. The van der Waals surface area contributed by atoms with Crippen LogP contribution in [-0.4, -0.2) is 22.3 Å². The maximum Gasteiger partial charge on any atom is 0.269 e. The molecule has 0 aliphatic rings. The average molecular weight is 373 g/mol. The Balaban J connectivity index is 2.08. The van der Waals surface area contributed by atoms with Gasteiger partial charge >= 0.3 is 0 Å². The molecule has 1 aromatic carbocycles. The van der Waals surface area contributed by atoms with E-state index in [1.165, 1.54) is 28.9 Å². The van der Waals surface area contributed by atoms with Gasteiger partial charge < -0.3 is 5.32 Å². The lowest BCUT2D eigenvalue weighted by atomic mass is 10.1. The molecule has 0 saturated carbocycles. The smallest absolute Gasteiger partial charge is 0.269 e. The number of amides is 1. The van der Waals surface area contributed by atoms with E-state index in [0.29, 0.717) is 33.4 Å². The number of thiazole rings is 1. The highest BCUT2D eigenvalue weighted by Crippen LogP contribution is 2.21. The first-order valence-electron chi connectivity index (χ1n) is 7.36. The first-order valence-corrected chi connectivity index (χ1v) is 8.56. The number of nitriles is 1. The van der Waals surface area contributed by atoms with Crippen LogP contribution in [0.1, 0.15) is 32.2 Å². The normalized spacial score (nSPS) is 10.6. The second-order valence-electron chi connectivity index (χ2n) is 5.43. The van der Waals surface area contributed by atoms with Gasteiger partial charge in [0.1, 0.15) is 5.69 Å².